The number of nitrogens with one attached hydrogen (secondary N) is 3. The second-order valence-electron chi connectivity index (χ2n) is 8.84. The molecular formula is C21H26FN3O3. The lowest BCUT2D eigenvalue weighted by Gasteiger charge is -2.55. The minimum Gasteiger partial charge on any atom is -0.344 e. The highest BCUT2D eigenvalue weighted by Crippen LogP contribution is 2.60. The van der Waals surface area contributed by atoms with E-state index in [-0.39, 0.29) is 16.9 Å². The number of hydrogen-bond donors (Lipinski definition) is 3. The first-order valence-electron chi connectivity index (χ1n) is 10.0. The Labute approximate surface area is 163 Å². The number of benzene rings is 1. The molecule has 7 heteroatoms. The van der Waals surface area contributed by atoms with E-state index < -0.39 is 23.7 Å². The molecule has 3 N–H and O–H groups in total. The zero-order chi connectivity index (χ0) is 19.9. The van der Waals surface area contributed by atoms with E-state index in [9.17, 15) is 18.8 Å². The molecule has 0 heterocycles. The maximum atomic E-state index is 13.0. The Kier molecular flexibility index (Phi) is 4.85. The standard InChI is InChI=1S/C21H26FN3O3/c1-12(18(26)24-25-19(27)16-2-4-17(22)5-3-16)23-20(28)21-9-13-6-14(10-21)8-15(7-13)11-21/h2-5,12-15H,6-11H2,1H3,(H,23,28)(H,24,26)(H,25,27)/t12-,13?,14?,15?,21?/m0/s1. The van der Waals surface area contributed by atoms with E-state index >= 15 is 0 Å². The smallest absolute Gasteiger partial charge is 0.269 e. The van der Waals surface area contributed by atoms with E-state index in [2.05, 4.69) is 16.2 Å². The van der Waals surface area contributed by atoms with Crippen LogP contribution in [0.3, 0.4) is 0 Å². The minimum absolute atomic E-state index is 0.0286. The molecular weight excluding hydrogens is 361 g/mol. The van der Waals surface area contributed by atoms with Crippen molar-refractivity contribution in [3.8, 4) is 0 Å². The quantitative estimate of drug-likeness (QED) is 0.693. The molecule has 0 spiro atoms. The Morgan fingerprint density at radius 2 is 1.50 bits per heavy atom. The van der Waals surface area contributed by atoms with Crippen LogP contribution in [0.5, 0.6) is 0 Å². The molecule has 1 aromatic rings. The summed E-state index contributed by atoms with van der Waals surface area (Å²) in [6.07, 6.45) is 6.54. The molecule has 0 aliphatic heterocycles. The summed E-state index contributed by atoms with van der Waals surface area (Å²) in [5, 5.41) is 2.86. The van der Waals surface area contributed by atoms with Crippen LogP contribution in [-0.2, 0) is 9.59 Å². The summed E-state index contributed by atoms with van der Waals surface area (Å²) in [6, 6.07) is 4.24. The highest BCUT2D eigenvalue weighted by molar-refractivity contribution is 5.96. The topological polar surface area (TPSA) is 87.3 Å². The normalized spacial score (nSPS) is 31.1. The largest absolute Gasteiger partial charge is 0.344 e. The molecule has 0 saturated heterocycles. The fourth-order valence-corrected chi connectivity index (χ4v) is 5.70. The molecule has 4 aliphatic carbocycles. The van der Waals surface area contributed by atoms with E-state index in [1.54, 1.807) is 6.92 Å². The molecule has 3 amide bonds. The first-order valence-corrected chi connectivity index (χ1v) is 10.0. The van der Waals surface area contributed by atoms with E-state index in [4.69, 9.17) is 0 Å². The van der Waals surface area contributed by atoms with Gasteiger partial charge in [0, 0.05) is 11.0 Å². The fraction of sp³-hybridized carbons (Fsp3) is 0.571. The van der Waals surface area contributed by atoms with Crippen molar-refractivity contribution >= 4 is 17.7 Å². The number of amides is 3. The van der Waals surface area contributed by atoms with E-state index in [1.165, 1.54) is 43.5 Å². The van der Waals surface area contributed by atoms with Crippen LogP contribution in [0, 0.1) is 29.0 Å². The van der Waals surface area contributed by atoms with Crippen molar-refractivity contribution in [3.05, 3.63) is 35.6 Å². The molecule has 150 valence electrons. The van der Waals surface area contributed by atoms with Crippen molar-refractivity contribution in [2.24, 2.45) is 23.2 Å². The highest BCUT2D eigenvalue weighted by atomic mass is 19.1. The maximum absolute atomic E-state index is 13.0. The van der Waals surface area contributed by atoms with Gasteiger partial charge in [0.15, 0.2) is 0 Å². The summed E-state index contributed by atoms with van der Waals surface area (Å²) in [6.45, 7) is 1.61. The van der Waals surface area contributed by atoms with Crippen LogP contribution in [0.25, 0.3) is 0 Å². The SMILES string of the molecule is C[C@H](NC(=O)C12CC3CC(CC(C3)C1)C2)C(=O)NNC(=O)c1ccc(F)cc1. The van der Waals surface area contributed by atoms with E-state index in [1.807, 2.05) is 0 Å². The predicted molar refractivity (Wildman–Crippen MR) is 100 cm³/mol. The van der Waals surface area contributed by atoms with Gasteiger partial charge in [-0.3, -0.25) is 25.2 Å². The number of hydrogen-bond acceptors (Lipinski definition) is 3. The minimum atomic E-state index is -0.756. The first kappa shape index (κ1) is 18.9. The Bertz CT molecular complexity index is 757. The number of halogens is 1. The van der Waals surface area contributed by atoms with E-state index in [0.29, 0.717) is 17.8 Å². The predicted octanol–water partition coefficient (Wildman–Crippen LogP) is 2.31. The summed E-state index contributed by atoms with van der Waals surface area (Å²) < 4.78 is 12.9. The van der Waals surface area contributed by atoms with Crippen molar-refractivity contribution in [3.63, 3.8) is 0 Å². The van der Waals surface area contributed by atoms with Gasteiger partial charge < -0.3 is 5.32 Å². The van der Waals surface area contributed by atoms with Gasteiger partial charge in [0.2, 0.25) is 5.91 Å². The third-order valence-corrected chi connectivity index (χ3v) is 6.67. The third-order valence-electron chi connectivity index (χ3n) is 6.67. The van der Waals surface area contributed by atoms with Crippen molar-refractivity contribution in [2.45, 2.75) is 51.5 Å². The van der Waals surface area contributed by atoms with Crippen LogP contribution < -0.4 is 16.2 Å². The summed E-state index contributed by atoms with van der Waals surface area (Å²) in [4.78, 5) is 37.3. The Morgan fingerprint density at radius 3 is 2.04 bits per heavy atom. The average Bonchev–Trinajstić information content (AvgIpc) is 2.65. The second-order valence-corrected chi connectivity index (χ2v) is 8.84. The fourth-order valence-electron chi connectivity index (χ4n) is 5.70. The van der Waals surface area contributed by atoms with Gasteiger partial charge in [-0.1, -0.05) is 0 Å². The molecule has 4 fully saturated rings. The van der Waals surface area contributed by atoms with Gasteiger partial charge in [-0.05, 0) is 87.5 Å². The van der Waals surface area contributed by atoms with Gasteiger partial charge in [-0.25, -0.2) is 4.39 Å². The maximum Gasteiger partial charge on any atom is 0.269 e. The van der Waals surface area contributed by atoms with Crippen molar-refractivity contribution in [1.29, 1.82) is 0 Å². The van der Waals surface area contributed by atoms with Crippen molar-refractivity contribution in [1.82, 2.24) is 16.2 Å². The van der Waals surface area contributed by atoms with Crippen LogP contribution in [-0.4, -0.2) is 23.8 Å². The summed E-state index contributed by atoms with van der Waals surface area (Å²) >= 11 is 0. The lowest BCUT2D eigenvalue weighted by atomic mass is 9.49. The zero-order valence-corrected chi connectivity index (χ0v) is 16.0. The summed E-state index contributed by atoms with van der Waals surface area (Å²) in [5.41, 5.74) is 4.53. The van der Waals surface area contributed by atoms with Gasteiger partial charge in [-0.2, -0.15) is 0 Å². The number of carbonyl (C=O) groups excluding carboxylic acids is 3. The summed E-state index contributed by atoms with van der Waals surface area (Å²) in [5.74, 6) is 0.436. The monoisotopic (exact) mass is 387 g/mol. The molecule has 4 saturated carbocycles. The second kappa shape index (κ2) is 7.18. The van der Waals surface area contributed by atoms with Crippen molar-refractivity contribution < 1.29 is 18.8 Å². The van der Waals surface area contributed by atoms with E-state index in [0.717, 1.165) is 19.3 Å². The summed E-state index contributed by atoms with van der Waals surface area (Å²) in [7, 11) is 0. The number of carbonyl (C=O) groups is 3. The lowest BCUT2D eigenvalue weighted by Crippen LogP contribution is -2.57. The average molecular weight is 387 g/mol. The molecule has 0 aromatic heterocycles. The molecule has 4 aliphatic rings. The van der Waals surface area contributed by atoms with Gasteiger partial charge in [-0.15, -0.1) is 0 Å². The van der Waals surface area contributed by atoms with Crippen LogP contribution in [0.1, 0.15) is 55.8 Å². The molecule has 5 rings (SSSR count). The number of hydrazine groups is 1. The van der Waals surface area contributed by atoms with Crippen LogP contribution >= 0.6 is 0 Å². The molecule has 0 radical (unpaired) electrons. The molecule has 1 atom stereocenters. The van der Waals surface area contributed by atoms with Crippen LogP contribution in [0.2, 0.25) is 0 Å². The Hall–Kier alpha value is -2.44. The molecule has 4 bridgehead atoms. The van der Waals surface area contributed by atoms with Crippen LogP contribution in [0.4, 0.5) is 4.39 Å². The van der Waals surface area contributed by atoms with Gasteiger partial charge >= 0.3 is 0 Å². The Morgan fingerprint density at radius 1 is 0.964 bits per heavy atom. The van der Waals surface area contributed by atoms with Gasteiger partial charge in [0.25, 0.3) is 11.8 Å². The molecule has 28 heavy (non-hydrogen) atoms. The van der Waals surface area contributed by atoms with Gasteiger partial charge in [0.05, 0.1) is 0 Å². The molecule has 6 nitrogen and oxygen atoms in total. The Balaban J connectivity index is 1.30. The lowest BCUT2D eigenvalue weighted by molar-refractivity contribution is -0.148. The molecule has 1 aromatic carbocycles. The number of rotatable bonds is 4. The first-order chi connectivity index (χ1) is 13.3. The third kappa shape index (κ3) is 3.62. The van der Waals surface area contributed by atoms with Crippen LogP contribution in [0.15, 0.2) is 24.3 Å². The van der Waals surface area contributed by atoms with Crippen molar-refractivity contribution in [2.75, 3.05) is 0 Å². The zero-order valence-electron chi connectivity index (χ0n) is 16.0. The highest BCUT2D eigenvalue weighted by Gasteiger charge is 2.54. The van der Waals surface area contributed by atoms with Gasteiger partial charge in [0.1, 0.15) is 11.9 Å². The molecule has 0 unspecified atom stereocenters.